The number of hydrogen-bond acceptors (Lipinski definition) is 3. The molecule has 1 aromatic heterocycles. The Kier molecular flexibility index (Phi) is 4.82. The van der Waals surface area contributed by atoms with Crippen LogP contribution in [0.25, 0.3) is 0 Å². The van der Waals surface area contributed by atoms with Gasteiger partial charge in [-0.05, 0) is 56.8 Å². The van der Waals surface area contributed by atoms with Crippen molar-refractivity contribution >= 4 is 11.3 Å². The van der Waals surface area contributed by atoms with Crippen LogP contribution in [0.5, 0.6) is 0 Å². The van der Waals surface area contributed by atoms with Crippen LogP contribution in [0.2, 0.25) is 0 Å². The van der Waals surface area contributed by atoms with Gasteiger partial charge < -0.3 is 10.2 Å². The fourth-order valence-electron chi connectivity index (χ4n) is 2.37. The monoisotopic (exact) mass is 238 g/mol. The van der Waals surface area contributed by atoms with Gasteiger partial charge in [0.2, 0.25) is 0 Å². The fourth-order valence-corrected chi connectivity index (χ4v) is 3.07. The Morgan fingerprint density at radius 1 is 1.56 bits per heavy atom. The number of likely N-dealkylation sites (N-methyl/N-ethyl adjacent to an activating group) is 1. The van der Waals surface area contributed by atoms with Crippen molar-refractivity contribution in [3.05, 3.63) is 22.4 Å². The summed E-state index contributed by atoms with van der Waals surface area (Å²) in [6, 6.07) is 4.38. The summed E-state index contributed by atoms with van der Waals surface area (Å²) in [5.74, 6) is 0.863. The maximum absolute atomic E-state index is 3.49. The van der Waals surface area contributed by atoms with Crippen LogP contribution < -0.4 is 5.32 Å². The van der Waals surface area contributed by atoms with Crippen LogP contribution in [-0.4, -0.2) is 38.1 Å². The van der Waals surface area contributed by atoms with Gasteiger partial charge in [-0.25, -0.2) is 0 Å². The molecule has 1 N–H and O–H groups in total. The van der Waals surface area contributed by atoms with Crippen LogP contribution in [0.3, 0.4) is 0 Å². The highest BCUT2D eigenvalue weighted by Gasteiger charge is 2.14. The Balaban J connectivity index is 1.65. The first kappa shape index (κ1) is 12.1. The van der Waals surface area contributed by atoms with E-state index in [1.54, 1.807) is 0 Å². The van der Waals surface area contributed by atoms with Gasteiger partial charge in [-0.15, -0.1) is 11.3 Å². The second-order valence-corrected chi connectivity index (χ2v) is 5.84. The molecule has 1 aliphatic heterocycles. The van der Waals surface area contributed by atoms with E-state index in [1.165, 1.54) is 50.3 Å². The molecule has 3 heteroatoms. The largest absolute Gasteiger partial charge is 0.316 e. The lowest BCUT2D eigenvalue weighted by Gasteiger charge is -2.27. The quantitative estimate of drug-likeness (QED) is 0.846. The van der Waals surface area contributed by atoms with E-state index in [-0.39, 0.29) is 0 Å². The first-order valence-corrected chi connectivity index (χ1v) is 7.14. The minimum absolute atomic E-state index is 0.863. The fraction of sp³-hybridized carbons (Fsp3) is 0.692. The average Bonchev–Trinajstić information content (AvgIpc) is 2.81. The van der Waals surface area contributed by atoms with Crippen molar-refractivity contribution in [1.82, 2.24) is 10.2 Å². The molecule has 16 heavy (non-hydrogen) atoms. The summed E-state index contributed by atoms with van der Waals surface area (Å²) in [5, 5.41) is 5.65. The molecule has 0 amide bonds. The molecule has 0 radical (unpaired) electrons. The van der Waals surface area contributed by atoms with Gasteiger partial charge in [0.25, 0.3) is 0 Å². The average molecular weight is 238 g/mol. The van der Waals surface area contributed by atoms with Crippen LogP contribution in [0.1, 0.15) is 17.7 Å². The Morgan fingerprint density at radius 2 is 2.50 bits per heavy atom. The number of hydrogen-bond donors (Lipinski definition) is 1. The van der Waals surface area contributed by atoms with Gasteiger partial charge in [-0.1, -0.05) is 6.07 Å². The molecule has 0 saturated carbocycles. The Morgan fingerprint density at radius 3 is 3.19 bits per heavy atom. The number of rotatable bonds is 5. The normalized spacial score (nSPS) is 21.5. The highest BCUT2D eigenvalue weighted by molar-refractivity contribution is 7.09. The minimum atomic E-state index is 0.863. The second kappa shape index (κ2) is 6.38. The first-order valence-electron chi connectivity index (χ1n) is 6.26. The van der Waals surface area contributed by atoms with Crippen molar-refractivity contribution in [1.29, 1.82) is 0 Å². The van der Waals surface area contributed by atoms with E-state index >= 15 is 0 Å². The molecule has 1 unspecified atom stereocenters. The van der Waals surface area contributed by atoms with E-state index < -0.39 is 0 Å². The van der Waals surface area contributed by atoms with Crippen LogP contribution in [0, 0.1) is 5.92 Å². The van der Waals surface area contributed by atoms with E-state index in [4.69, 9.17) is 0 Å². The van der Waals surface area contributed by atoms with Gasteiger partial charge in [-0.3, -0.25) is 0 Å². The van der Waals surface area contributed by atoms with E-state index in [1.807, 2.05) is 11.3 Å². The van der Waals surface area contributed by atoms with Crippen molar-refractivity contribution in [2.24, 2.45) is 5.92 Å². The minimum Gasteiger partial charge on any atom is -0.316 e. The molecule has 2 nitrogen and oxygen atoms in total. The maximum atomic E-state index is 3.49. The smallest absolute Gasteiger partial charge is 0.00579 e. The van der Waals surface area contributed by atoms with Gasteiger partial charge in [0, 0.05) is 18.0 Å². The molecule has 0 aliphatic carbocycles. The van der Waals surface area contributed by atoms with E-state index in [0.29, 0.717) is 0 Å². The van der Waals surface area contributed by atoms with E-state index in [0.717, 1.165) is 5.92 Å². The summed E-state index contributed by atoms with van der Waals surface area (Å²) in [7, 11) is 2.25. The number of thiophene rings is 1. The van der Waals surface area contributed by atoms with Gasteiger partial charge in [-0.2, -0.15) is 0 Å². The van der Waals surface area contributed by atoms with Crippen LogP contribution in [-0.2, 0) is 6.42 Å². The lowest BCUT2D eigenvalue weighted by atomic mass is 9.99. The SMILES string of the molecule is CN(CCc1cccs1)CC1CCCNC1. The summed E-state index contributed by atoms with van der Waals surface area (Å²) >= 11 is 1.87. The van der Waals surface area contributed by atoms with Crippen LogP contribution in [0.4, 0.5) is 0 Å². The topological polar surface area (TPSA) is 15.3 Å². The molecule has 2 rings (SSSR count). The van der Waals surface area contributed by atoms with E-state index in [2.05, 4.69) is 34.8 Å². The zero-order valence-corrected chi connectivity index (χ0v) is 10.9. The Hall–Kier alpha value is -0.380. The first-order chi connectivity index (χ1) is 7.84. The summed E-state index contributed by atoms with van der Waals surface area (Å²) in [5.41, 5.74) is 0. The molecule has 1 atom stereocenters. The van der Waals surface area contributed by atoms with Gasteiger partial charge in [0.1, 0.15) is 0 Å². The Labute approximate surface area is 103 Å². The number of piperidine rings is 1. The molecule has 0 aromatic carbocycles. The highest BCUT2D eigenvalue weighted by atomic mass is 32.1. The highest BCUT2D eigenvalue weighted by Crippen LogP contribution is 2.13. The zero-order chi connectivity index (χ0) is 11.2. The molecular formula is C13H22N2S. The molecular weight excluding hydrogens is 216 g/mol. The third-order valence-electron chi connectivity index (χ3n) is 3.29. The summed E-state index contributed by atoms with van der Waals surface area (Å²) in [6.07, 6.45) is 3.95. The second-order valence-electron chi connectivity index (χ2n) is 4.80. The molecule has 1 aromatic rings. The molecule has 1 aliphatic rings. The number of nitrogens with zero attached hydrogens (tertiary/aromatic N) is 1. The van der Waals surface area contributed by atoms with Crippen LogP contribution >= 0.6 is 11.3 Å². The maximum Gasteiger partial charge on any atom is 0.00579 e. The standard InChI is InChI=1S/C13H22N2S/c1-15(8-6-13-5-3-9-16-13)11-12-4-2-7-14-10-12/h3,5,9,12,14H,2,4,6-8,10-11H2,1H3. The lowest BCUT2D eigenvalue weighted by Crippen LogP contribution is -2.37. The summed E-state index contributed by atoms with van der Waals surface area (Å²) < 4.78 is 0. The molecule has 1 fully saturated rings. The molecule has 0 spiro atoms. The Bertz CT molecular complexity index is 278. The van der Waals surface area contributed by atoms with Crippen molar-refractivity contribution in [2.45, 2.75) is 19.3 Å². The van der Waals surface area contributed by atoms with Crippen molar-refractivity contribution < 1.29 is 0 Å². The lowest BCUT2D eigenvalue weighted by molar-refractivity contribution is 0.245. The summed E-state index contributed by atoms with van der Waals surface area (Å²) in [4.78, 5) is 3.99. The van der Waals surface area contributed by atoms with Gasteiger partial charge in [0.05, 0.1) is 0 Å². The van der Waals surface area contributed by atoms with Crippen molar-refractivity contribution in [3.8, 4) is 0 Å². The van der Waals surface area contributed by atoms with Crippen molar-refractivity contribution in [3.63, 3.8) is 0 Å². The summed E-state index contributed by atoms with van der Waals surface area (Å²) in [6.45, 7) is 4.87. The molecule has 0 bridgehead atoms. The third kappa shape index (κ3) is 3.89. The third-order valence-corrected chi connectivity index (χ3v) is 4.23. The van der Waals surface area contributed by atoms with Crippen molar-refractivity contribution in [2.75, 3.05) is 33.2 Å². The molecule has 2 heterocycles. The zero-order valence-electron chi connectivity index (χ0n) is 10.1. The van der Waals surface area contributed by atoms with Crippen LogP contribution in [0.15, 0.2) is 17.5 Å². The molecule has 1 saturated heterocycles. The van der Waals surface area contributed by atoms with Gasteiger partial charge >= 0.3 is 0 Å². The number of nitrogens with one attached hydrogen (secondary N) is 1. The van der Waals surface area contributed by atoms with E-state index in [9.17, 15) is 0 Å². The predicted octanol–water partition coefficient (Wildman–Crippen LogP) is 2.22. The molecule has 90 valence electrons. The van der Waals surface area contributed by atoms with Gasteiger partial charge in [0.15, 0.2) is 0 Å². The predicted molar refractivity (Wildman–Crippen MR) is 71.1 cm³/mol.